The number of aromatic nitrogens is 1. The molecule has 5 heteroatoms. The molecule has 3 N–H and O–H groups in total. The van der Waals surface area contributed by atoms with Crippen molar-refractivity contribution in [3.05, 3.63) is 40.8 Å². The number of nitrogen functional groups attached to an aromatic ring is 1. The predicted octanol–water partition coefficient (Wildman–Crippen LogP) is 0.933. The van der Waals surface area contributed by atoms with E-state index in [0.29, 0.717) is 18.5 Å². The molecule has 0 amide bonds. The molecule has 1 aromatic carbocycles. The van der Waals surface area contributed by atoms with Crippen LogP contribution in [0.25, 0.3) is 10.8 Å². The van der Waals surface area contributed by atoms with Gasteiger partial charge in [0.25, 0.3) is 5.56 Å². The fourth-order valence-electron chi connectivity index (χ4n) is 1.74. The second kappa shape index (κ2) is 4.99. The first-order chi connectivity index (χ1) is 8.26. The highest BCUT2D eigenvalue weighted by Crippen LogP contribution is 2.15. The molecule has 0 bridgehead atoms. The van der Waals surface area contributed by atoms with Crippen molar-refractivity contribution in [1.82, 2.24) is 4.57 Å². The van der Waals surface area contributed by atoms with Crippen molar-refractivity contribution in [2.75, 3.05) is 19.1 Å². The van der Waals surface area contributed by atoms with Crippen LogP contribution in [0.3, 0.4) is 0 Å². The predicted molar refractivity (Wildman–Crippen MR) is 67.9 cm³/mol. The van der Waals surface area contributed by atoms with Crippen molar-refractivity contribution >= 4 is 16.5 Å². The van der Waals surface area contributed by atoms with Crippen molar-refractivity contribution in [3.8, 4) is 0 Å². The van der Waals surface area contributed by atoms with E-state index in [1.165, 1.54) is 0 Å². The van der Waals surface area contributed by atoms with Crippen LogP contribution in [0, 0.1) is 0 Å². The van der Waals surface area contributed by atoms with Crippen LogP contribution in [0.15, 0.2) is 35.3 Å². The van der Waals surface area contributed by atoms with Crippen molar-refractivity contribution in [3.63, 3.8) is 0 Å². The smallest absolute Gasteiger partial charge is 0.258 e. The van der Waals surface area contributed by atoms with Gasteiger partial charge in [0.05, 0.1) is 6.61 Å². The number of hydrogen-bond donors (Lipinski definition) is 2. The van der Waals surface area contributed by atoms with Crippen molar-refractivity contribution in [2.45, 2.75) is 6.54 Å². The Hall–Kier alpha value is -1.85. The van der Waals surface area contributed by atoms with Crippen molar-refractivity contribution in [1.29, 1.82) is 0 Å². The van der Waals surface area contributed by atoms with Crippen LogP contribution < -0.4 is 16.8 Å². The van der Waals surface area contributed by atoms with Gasteiger partial charge < -0.3 is 14.7 Å². The maximum atomic E-state index is 12.1. The second-order valence-electron chi connectivity index (χ2n) is 3.75. The molecule has 0 aliphatic rings. The first kappa shape index (κ1) is 11.6. The first-order valence-corrected chi connectivity index (χ1v) is 5.35. The molecule has 90 valence electrons. The lowest BCUT2D eigenvalue weighted by molar-refractivity contribution is 0.186. The van der Waals surface area contributed by atoms with Gasteiger partial charge >= 0.3 is 0 Å². The largest absolute Gasteiger partial charge is 0.383 e. The molecule has 0 atom stereocenters. The van der Waals surface area contributed by atoms with Crippen molar-refractivity contribution in [2.24, 2.45) is 5.84 Å². The minimum Gasteiger partial charge on any atom is -0.383 e. The van der Waals surface area contributed by atoms with Crippen LogP contribution >= 0.6 is 0 Å². The Morgan fingerprint density at radius 2 is 2.24 bits per heavy atom. The van der Waals surface area contributed by atoms with Gasteiger partial charge in [-0.3, -0.25) is 10.6 Å². The molecule has 0 aliphatic carbocycles. The number of ether oxygens (including phenoxy) is 1. The number of nitrogens with zero attached hydrogens (tertiary/aromatic N) is 1. The molecular formula is C12H15N3O2. The Bertz CT molecular complexity index is 577. The summed E-state index contributed by atoms with van der Waals surface area (Å²) in [6.07, 6.45) is 1.77. The summed E-state index contributed by atoms with van der Waals surface area (Å²) >= 11 is 0. The zero-order valence-corrected chi connectivity index (χ0v) is 9.64. The number of pyridine rings is 1. The maximum absolute atomic E-state index is 12.1. The molecule has 0 aliphatic heterocycles. The van der Waals surface area contributed by atoms with Crippen LogP contribution in [-0.4, -0.2) is 18.3 Å². The molecule has 17 heavy (non-hydrogen) atoms. The molecule has 0 unspecified atom stereocenters. The number of benzene rings is 1. The minimum absolute atomic E-state index is 0.0110. The Labute approximate surface area is 98.8 Å². The average molecular weight is 233 g/mol. The number of anilines is 1. The molecule has 0 fully saturated rings. The monoisotopic (exact) mass is 233 g/mol. The van der Waals surface area contributed by atoms with Crippen LogP contribution in [0.1, 0.15) is 0 Å². The summed E-state index contributed by atoms with van der Waals surface area (Å²) in [5.41, 5.74) is 3.33. The van der Waals surface area contributed by atoms with Crippen LogP contribution in [-0.2, 0) is 11.3 Å². The van der Waals surface area contributed by atoms with Crippen LogP contribution in [0.2, 0.25) is 0 Å². The summed E-state index contributed by atoms with van der Waals surface area (Å²) in [6.45, 7) is 1.08. The van der Waals surface area contributed by atoms with Gasteiger partial charge in [-0.25, -0.2) is 0 Å². The van der Waals surface area contributed by atoms with E-state index in [9.17, 15) is 4.79 Å². The average Bonchev–Trinajstić information content (AvgIpc) is 2.37. The number of methoxy groups -OCH3 is 1. The SMILES string of the molecule is COCCn1ccc2cc(NN)ccc2c1=O. The van der Waals surface area contributed by atoms with E-state index in [1.807, 2.05) is 12.1 Å². The molecule has 2 rings (SSSR count). The van der Waals surface area contributed by atoms with E-state index in [0.717, 1.165) is 11.1 Å². The van der Waals surface area contributed by atoms with Crippen LogP contribution in [0.5, 0.6) is 0 Å². The van der Waals surface area contributed by atoms with Gasteiger partial charge in [-0.05, 0) is 29.7 Å². The number of fused-ring (bicyclic) bond motifs is 1. The van der Waals surface area contributed by atoms with E-state index in [1.54, 1.807) is 30.0 Å². The lowest BCUT2D eigenvalue weighted by Crippen LogP contribution is -2.21. The van der Waals surface area contributed by atoms with E-state index in [-0.39, 0.29) is 5.56 Å². The molecule has 5 nitrogen and oxygen atoms in total. The van der Waals surface area contributed by atoms with Gasteiger partial charge in [-0.15, -0.1) is 0 Å². The van der Waals surface area contributed by atoms with E-state index >= 15 is 0 Å². The van der Waals surface area contributed by atoms with E-state index in [4.69, 9.17) is 10.6 Å². The Kier molecular flexibility index (Phi) is 3.41. The fourth-order valence-corrected chi connectivity index (χ4v) is 1.74. The van der Waals surface area contributed by atoms with Gasteiger partial charge in [-0.1, -0.05) is 0 Å². The number of rotatable bonds is 4. The second-order valence-corrected chi connectivity index (χ2v) is 3.75. The third-order valence-corrected chi connectivity index (χ3v) is 2.68. The zero-order valence-electron chi connectivity index (χ0n) is 9.64. The fraction of sp³-hybridized carbons (Fsp3) is 0.250. The highest BCUT2D eigenvalue weighted by Gasteiger charge is 2.03. The van der Waals surface area contributed by atoms with Crippen LogP contribution in [0.4, 0.5) is 5.69 Å². The third-order valence-electron chi connectivity index (χ3n) is 2.68. The Morgan fingerprint density at radius 1 is 1.41 bits per heavy atom. The molecular weight excluding hydrogens is 218 g/mol. The number of nitrogens with one attached hydrogen (secondary N) is 1. The normalized spacial score (nSPS) is 10.7. The number of hydrogen-bond acceptors (Lipinski definition) is 4. The van der Waals surface area contributed by atoms with Gasteiger partial charge in [0.1, 0.15) is 0 Å². The topological polar surface area (TPSA) is 69.3 Å². The molecule has 1 aromatic heterocycles. The number of nitrogens with two attached hydrogens (primary N) is 1. The maximum Gasteiger partial charge on any atom is 0.258 e. The first-order valence-electron chi connectivity index (χ1n) is 5.35. The molecule has 0 saturated carbocycles. The van der Waals surface area contributed by atoms with E-state index < -0.39 is 0 Å². The summed E-state index contributed by atoms with van der Waals surface area (Å²) in [4.78, 5) is 12.1. The Balaban J connectivity index is 2.49. The van der Waals surface area contributed by atoms with E-state index in [2.05, 4.69) is 5.43 Å². The van der Waals surface area contributed by atoms with Gasteiger partial charge in [0.15, 0.2) is 0 Å². The minimum atomic E-state index is -0.0110. The summed E-state index contributed by atoms with van der Waals surface area (Å²) in [5.74, 6) is 5.32. The summed E-state index contributed by atoms with van der Waals surface area (Å²) < 4.78 is 6.60. The molecule has 1 heterocycles. The quantitative estimate of drug-likeness (QED) is 0.609. The van der Waals surface area contributed by atoms with Gasteiger partial charge in [-0.2, -0.15) is 0 Å². The lowest BCUT2D eigenvalue weighted by atomic mass is 10.1. The highest BCUT2D eigenvalue weighted by atomic mass is 16.5. The van der Waals surface area contributed by atoms with Gasteiger partial charge in [0.2, 0.25) is 0 Å². The molecule has 0 saturated heterocycles. The summed E-state index contributed by atoms with van der Waals surface area (Å²) in [5, 5.41) is 1.56. The summed E-state index contributed by atoms with van der Waals surface area (Å²) in [6, 6.07) is 7.30. The molecule has 0 spiro atoms. The lowest BCUT2D eigenvalue weighted by Gasteiger charge is -2.07. The third kappa shape index (κ3) is 2.30. The van der Waals surface area contributed by atoms with Crippen molar-refractivity contribution < 1.29 is 4.74 Å². The molecule has 0 radical (unpaired) electrons. The standard InChI is InChI=1S/C12H15N3O2/c1-17-7-6-15-5-4-9-8-10(14-13)2-3-11(9)12(15)16/h2-5,8,14H,6-7,13H2,1H3. The number of hydrazine groups is 1. The highest BCUT2D eigenvalue weighted by molar-refractivity contribution is 5.84. The summed E-state index contributed by atoms with van der Waals surface area (Å²) in [7, 11) is 1.62. The zero-order chi connectivity index (χ0) is 12.3. The van der Waals surface area contributed by atoms with Gasteiger partial charge in [0, 0.05) is 30.9 Å². The molecule has 2 aromatic rings. The Morgan fingerprint density at radius 3 is 2.94 bits per heavy atom.